The van der Waals surface area contributed by atoms with Gasteiger partial charge in [-0.1, -0.05) is 32.8 Å². The fraction of sp³-hybridized carbons (Fsp3) is 0.412. The van der Waals surface area contributed by atoms with Crippen molar-refractivity contribution < 1.29 is 50.2 Å². The molecular weight excluding hydrogens is 647 g/mol. The number of amides is 2. The van der Waals surface area contributed by atoms with Crippen LogP contribution in [0.3, 0.4) is 0 Å². The normalized spacial score (nSPS) is 16.6. The number of unbranched alkanes of at least 4 members (excludes halogenated alkanes) is 1. The minimum absolute atomic E-state index is 0.0289. The first-order valence-electron chi connectivity index (χ1n) is 15.0. The standard InChI is InChI=1S/C30H26F7N3O4.C4H10/c1-14-7-18(31)5-6-19(14)20-11-22(21-12-24(41)39-25(21)26(42)43)38-13-23(20)40(4)27(44)28(2,3)15-8-16(29(32,33)34)10-17(9-15)30(35,36)37;1-3-4-2/h5-11,13,21,25H,12H2,1-4H3,(H,39,41)(H,42,43);3-4H2,1-2H3. The average molecular weight is 684 g/mol. The molecule has 2 atom stereocenters. The second kappa shape index (κ2) is 14.3. The Kier molecular flexibility index (Phi) is 11.3. The van der Waals surface area contributed by atoms with Crippen molar-refractivity contribution in [3.63, 3.8) is 0 Å². The van der Waals surface area contributed by atoms with Gasteiger partial charge in [0, 0.05) is 30.6 Å². The Hall–Kier alpha value is -4.49. The number of carbonyl (C=O) groups excluding carboxylic acids is 2. The maximum atomic E-state index is 14.0. The van der Waals surface area contributed by atoms with E-state index in [4.69, 9.17) is 0 Å². The van der Waals surface area contributed by atoms with E-state index in [-0.39, 0.29) is 29.4 Å². The van der Waals surface area contributed by atoms with Gasteiger partial charge in [-0.25, -0.2) is 9.18 Å². The van der Waals surface area contributed by atoms with E-state index in [1.54, 1.807) is 6.92 Å². The first-order chi connectivity index (χ1) is 22.1. The Bertz CT molecular complexity index is 1650. The number of nitrogens with one attached hydrogen (secondary N) is 1. The molecule has 2 amide bonds. The van der Waals surface area contributed by atoms with Crippen LogP contribution >= 0.6 is 0 Å². The van der Waals surface area contributed by atoms with Crippen molar-refractivity contribution in [2.24, 2.45) is 0 Å². The second-order valence-electron chi connectivity index (χ2n) is 12.1. The molecule has 1 fully saturated rings. The number of aromatic nitrogens is 1. The number of carbonyl (C=O) groups is 3. The lowest BCUT2D eigenvalue weighted by atomic mass is 9.81. The monoisotopic (exact) mass is 683 g/mol. The van der Waals surface area contributed by atoms with Crippen LogP contribution < -0.4 is 10.2 Å². The van der Waals surface area contributed by atoms with Crippen LogP contribution in [0.1, 0.15) is 80.8 Å². The highest BCUT2D eigenvalue weighted by molar-refractivity contribution is 6.03. The number of pyridine rings is 1. The number of carboxylic acids is 1. The largest absolute Gasteiger partial charge is 0.480 e. The van der Waals surface area contributed by atoms with Crippen LogP contribution in [0.2, 0.25) is 0 Å². The van der Waals surface area contributed by atoms with E-state index >= 15 is 0 Å². The van der Waals surface area contributed by atoms with Gasteiger partial charge in [-0.15, -0.1) is 0 Å². The summed E-state index contributed by atoms with van der Waals surface area (Å²) in [6, 6.07) is 4.81. The quantitative estimate of drug-likeness (QED) is 0.246. The Morgan fingerprint density at radius 1 is 0.917 bits per heavy atom. The Labute approximate surface area is 273 Å². The summed E-state index contributed by atoms with van der Waals surface area (Å²) >= 11 is 0. The molecule has 0 spiro atoms. The molecule has 0 radical (unpaired) electrons. The fourth-order valence-electron chi connectivity index (χ4n) is 5.21. The molecule has 14 heteroatoms. The van der Waals surface area contributed by atoms with Gasteiger partial charge in [0.25, 0.3) is 0 Å². The molecule has 3 aromatic rings. The zero-order valence-electron chi connectivity index (χ0n) is 27.1. The summed E-state index contributed by atoms with van der Waals surface area (Å²) in [5, 5.41) is 11.9. The van der Waals surface area contributed by atoms with E-state index < -0.39 is 70.0 Å². The summed E-state index contributed by atoms with van der Waals surface area (Å²) < 4.78 is 95.4. The molecule has 1 aliphatic rings. The number of hydrogen-bond acceptors (Lipinski definition) is 4. The number of halogens is 7. The van der Waals surface area contributed by atoms with E-state index in [0.717, 1.165) is 11.0 Å². The highest BCUT2D eigenvalue weighted by atomic mass is 19.4. The summed E-state index contributed by atoms with van der Waals surface area (Å²) in [6.07, 6.45) is -6.63. The zero-order chi connectivity index (χ0) is 36.4. The maximum absolute atomic E-state index is 14.0. The molecule has 260 valence electrons. The van der Waals surface area contributed by atoms with Gasteiger partial charge >= 0.3 is 18.3 Å². The molecular formula is C34H36F7N3O4. The molecule has 2 heterocycles. The zero-order valence-corrected chi connectivity index (χ0v) is 27.1. The van der Waals surface area contributed by atoms with Crippen LogP contribution in [0.25, 0.3) is 11.1 Å². The number of benzene rings is 2. The van der Waals surface area contributed by atoms with E-state index in [2.05, 4.69) is 24.1 Å². The lowest BCUT2D eigenvalue weighted by Crippen LogP contribution is -2.42. The number of anilines is 1. The van der Waals surface area contributed by atoms with Crippen molar-refractivity contribution in [1.29, 1.82) is 0 Å². The van der Waals surface area contributed by atoms with Crippen molar-refractivity contribution >= 4 is 23.5 Å². The molecule has 2 unspecified atom stereocenters. The van der Waals surface area contributed by atoms with Crippen LogP contribution in [0.4, 0.5) is 36.4 Å². The molecule has 0 bridgehead atoms. The van der Waals surface area contributed by atoms with Gasteiger partial charge < -0.3 is 15.3 Å². The van der Waals surface area contributed by atoms with Crippen LogP contribution in [0.15, 0.2) is 48.7 Å². The molecule has 48 heavy (non-hydrogen) atoms. The van der Waals surface area contributed by atoms with Crippen molar-refractivity contribution in [3.05, 3.63) is 82.4 Å². The molecule has 4 rings (SSSR count). The maximum Gasteiger partial charge on any atom is 0.416 e. The molecule has 7 nitrogen and oxygen atoms in total. The number of aliphatic carboxylic acids is 1. The second-order valence-corrected chi connectivity index (χ2v) is 12.1. The van der Waals surface area contributed by atoms with Crippen LogP contribution in [0.5, 0.6) is 0 Å². The van der Waals surface area contributed by atoms with E-state index in [1.807, 2.05) is 0 Å². The first-order valence-corrected chi connectivity index (χ1v) is 15.0. The SMILES string of the molecule is CCCC.Cc1cc(F)ccc1-c1cc(C2CC(=O)NC2C(=O)O)ncc1N(C)C(=O)C(C)(C)c1cc(C(F)(F)F)cc(C(F)(F)F)c1. The summed E-state index contributed by atoms with van der Waals surface area (Å²) in [6.45, 7) is 8.29. The third-order valence-electron chi connectivity index (χ3n) is 8.16. The van der Waals surface area contributed by atoms with Crippen molar-refractivity contribution in [2.45, 2.75) is 83.6 Å². The Morgan fingerprint density at radius 3 is 1.94 bits per heavy atom. The number of hydrogen-bond donors (Lipinski definition) is 2. The molecule has 2 aromatic carbocycles. The number of alkyl halides is 6. The summed E-state index contributed by atoms with van der Waals surface area (Å²) in [5.41, 5.74) is -4.40. The molecule has 0 saturated carbocycles. The van der Waals surface area contributed by atoms with E-state index in [1.165, 1.54) is 58.1 Å². The number of likely N-dealkylation sites (N-methyl/N-ethyl adjacent to an activating group) is 1. The highest BCUT2D eigenvalue weighted by Gasteiger charge is 2.42. The number of aryl methyl sites for hydroxylation is 1. The minimum atomic E-state index is -5.13. The molecule has 1 saturated heterocycles. The third kappa shape index (κ3) is 8.32. The highest BCUT2D eigenvalue weighted by Crippen LogP contribution is 2.41. The number of carboxylic acid groups (broad SMARTS) is 1. The Morgan fingerprint density at radius 2 is 1.46 bits per heavy atom. The predicted molar refractivity (Wildman–Crippen MR) is 165 cm³/mol. The molecule has 0 aliphatic carbocycles. The lowest BCUT2D eigenvalue weighted by molar-refractivity contribution is -0.143. The topological polar surface area (TPSA) is 99.6 Å². The van der Waals surface area contributed by atoms with E-state index in [0.29, 0.717) is 23.3 Å². The smallest absolute Gasteiger partial charge is 0.416 e. The number of nitrogens with zero attached hydrogens (tertiary/aromatic N) is 2. The summed E-state index contributed by atoms with van der Waals surface area (Å²) in [5.74, 6) is -4.21. The Balaban J connectivity index is 0.00000148. The van der Waals surface area contributed by atoms with Crippen LogP contribution in [-0.2, 0) is 32.2 Å². The van der Waals surface area contributed by atoms with Gasteiger partial charge in [0.15, 0.2) is 0 Å². The number of rotatable bonds is 7. The summed E-state index contributed by atoms with van der Waals surface area (Å²) in [7, 11) is 1.25. The minimum Gasteiger partial charge on any atom is -0.480 e. The van der Waals surface area contributed by atoms with Gasteiger partial charge in [-0.2, -0.15) is 26.3 Å². The van der Waals surface area contributed by atoms with Crippen molar-refractivity contribution in [2.75, 3.05) is 11.9 Å². The van der Waals surface area contributed by atoms with Gasteiger partial charge in [-0.3, -0.25) is 14.6 Å². The van der Waals surface area contributed by atoms with E-state index in [9.17, 15) is 50.2 Å². The summed E-state index contributed by atoms with van der Waals surface area (Å²) in [4.78, 5) is 43.0. The fourth-order valence-corrected chi connectivity index (χ4v) is 5.21. The lowest BCUT2D eigenvalue weighted by Gasteiger charge is -2.32. The first kappa shape index (κ1) is 38.0. The van der Waals surface area contributed by atoms with Gasteiger partial charge in [0.2, 0.25) is 11.8 Å². The average Bonchev–Trinajstić information content (AvgIpc) is 3.41. The molecule has 1 aromatic heterocycles. The van der Waals surface area contributed by atoms with Gasteiger partial charge in [0.05, 0.1) is 28.4 Å². The van der Waals surface area contributed by atoms with Crippen molar-refractivity contribution in [1.82, 2.24) is 10.3 Å². The van der Waals surface area contributed by atoms with Gasteiger partial charge in [0.1, 0.15) is 11.9 Å². The molecule has 2 N–H and O–H groups in total. The predicted octanol–water partition coefficient (Wildman–Crippen LogP) is 8.04. The third-order valence-corrected chi connectivity index (χ3v) is 8.16. The van der Waals surface area contributed by atoms with Crippen LogP contribution in [-0.4, -0.2) is 41.0 Å². The van der Waals surface area contributed by atoms with Crippen LogP contribution in [0, 0.1) is 12.7 Å². The van der Waals surface area contributed by atoms with Gasteiger partial charge in [-0.05, 0) is 73.9 Å². The van der Waals surface area contributed by atoms with Crippen molar-refractivity contribution in [3.8, 4) is 11.1 Å². The molecule has 1 aliphatic heterocycles.